The highest BCUT2D eigenvalue weighted by atomic mass is 35.5. The number of nitrogens with two attached hydrogens (primary N) is 1. The van der Waals surface area contributed by atoms with E-state index in [2.05, 4.69) is 24.1 Å². The highest BCUT2D eigenvalue weighted by Gasteiger charge is 2.35. The van der Waals surface area contributed by atoms with E-state index < -0.39 is 5.54 Å². The van der Waals surface area contributed by atoms with Gasteiger partial charge in [-0.05, 0) is 37.6 Å². The van der Waals surface area contributed by atoms with Gasteiger partial charge in [-0.15, -0.1) is 24.8 Å². The number of carbonyl (C=O) groups is 1. The first kappa shape index (κ1) is 22.0. The first-order chi connectivity index (χ1) is 9.49. The first-order valence-corrected chi connectivity index (χ1v) is 8.29. The molecule has 2 aliphatic rings. The molecular weight excluding hydrogens is 321 g/mol. The number of halogens is 2. The summed E-state index contributed by atoms with van der Waals surface area (Å²) in [6, 6.07) is 0. The average Bonchev–Trinajstić information content (AvgIpc) is 2.83. The van der Waals surface area contributed by atoms with Crippen LogP contribution in [0.3, 0.4) is 0 Å². The molecule has 3 N–H and O–H groups in total. The third-order valence-corrected chi connectivity index (χ3v) is 4.74. The molecule has 0 spiro atoms. The fraction of sp³-hybridized carbons (Fsp3) is 0.938. The molecule has 22 heavy (non-hydrogen) atoms. The van der Waals surface area contributed by atoms with E-state index in [0.29, 0.717) is 5.92 Å². The maximum atomic E-state index is 12.3. The van der Waals surface area contributed by atoms with Gasteiger partial charge in [-0.3, -0.25) is 4.79 Å². The van der Waals surface area contributed by atoms with Crippen LogP contribution < -0.4 is 11.1 Å². The lowest BCUT2D eigenvalue weighted by molar-refractivity contribution is -0.127. The molecule has 1 aliphatic carbocycles. The summed E-state index contributed by atoms with van der Waals surface area (Å²) >= 11 is 0. The van der Waals surface area contributed by atoms with Crippen molar-refractivity contribution in [2.24, 2.45) is 17.6 Å². The van der Waals surface area contributed by atoms with Crippen LogP contribution >= 0.6 is 24.8 Å². The third kappa shape index (κ3) is 6.23. The Labute approximate surface area is 147 Å². The molecule has 1 heterocycles. The van der Waals surface area contributed by atoms with Crippen LogP contribution in [0.2, 0.25) is 0 Å². The molecule has 1 unspecified atom stereocenters. The lowest BCUT2D eigenvalue weighted by atomic mass is 9.82. The number of carbonyl (C=O) groups excluding carboxylic acids is 1. The van der Waals surface area contributed by atoms with Crippen molar-refractivity contribution in [2.75, 3.05) is 26.2 Å². The van der Waals surface area contributed by atoms with Gasteiger partial charge in [0, 0.05) is 19.6 Å². The van der Waals surface area contributed by atoms with Crippen LogP contribution in [0.25, 0.3) is 0 Å². The zero-order chi connectivity index (χ0) is 14.6. The second-order valence-corrected chi connectivity index (χ2v) is 7.23. The maximum Gasteiger partial charge on any atom is 0.240 e. The summed E-state index contributed by atoms with van der Waals surface area (Å²) in [7, 11) is 0. The van der Waals surface area contributed by atoms with Crippen molar-refractivity contribution in [2.45, 2.75) is 57.9 Å². The fourth-order valence-corrected chi connectivity index (χ4v) is 3.58. The van der Waals surface area contributed by atoms with Crippen LogP contribution in [-0.2, 0) is 4.79 Å². The molecule has 2 rings (SSSR count). The van der Waals surface area contributed by atoms with E-state index in [1.54, 1.807) is 0 Å². The molecule has 0 aromatic carbocycles. The summed E-state index contributed by atoms with van der Waals surface area (Å²) in [6.07, 6.45) is 6.31. The van der Waals surface area contributed by atoms with E-state index in [4.69, 9.17) is 5.73 Å². The second kappa shape index (κ2) is 9.96. The van der Waals surface area contributed by atoms with Gasteiger partial charge in [-0.1, -0.05) is 33.1 Å². The number of rotatable bonds is 5. The number of amides is 1. The predicted molar refractivity (Wildman–Crippen MR) is 96.9 cm³/mol. The Morgan fingerprint density at radius 1 is 1.27 bits per heavy atom. The van der Waals surface area contributed by atoms with Gasteiger partial charge in [0.1, 0.15) is 0 Å². The molecule has 0 aromatic heterocycles. The zero-order valence-electron chi connectivity index (χ0n) is 14.0. The van der Waals surface area contributed by atoms with Crippen LogP contribution in [-0.4, -0.2) is 42.5 Å². The molecule has 1 aliphatic heterocycles. The summed E-state index contributed by atoms with van der Waals surface area (Å²) in [5.74, 6) is 1.40. The summed E-state index contributed by atoms with van der Waals surface area (Å²) in [5.41, 5.74) is 5.67. The molecule has 0 radical (unpaired) electrons. The van der Waals surface area contributed by atoms with Gasteiger partial charge in [-0.2, -0.15) is 0 Å². The van der Waals surface area contributed by atoms with Crippen LogP contribution in [0.1, 0.15) is 52.4 Å². The van der Waals surface area contributed by atoms with Crippen molar-refractivity contribution in [1.82, 2.24) is 10.2 Å². The molecule has 6 heteroatoms. The predicted octanol–water partition coefficient (Wildman–Crippen LogP) is 2.59. The normalized spacial score (nSPS) is 24.5. The first-order valence-electron chi connectivity index (χ1n) is 8.29. The van der Waals surface area contributed by atoms with Crippen molar-refractivity contribution >= 4 is 30.7 Å². The Morgan fingerprint density at radius 3 is 2.50 bits per heavy atom. The Balaban J connectivity index is 0.00000220. The maximum absolute atomic E-state index is 12.3. The molecule has 1 amide bonds. The quantitative estimate of drug-likeness (QED) is 0.798. The Kier molecular flexibility index (Phi) is 9.95. The number of nitrogens with zero attached hydrogens (tertiary/aromatic N) is 1. The minimum Gasteiger partial charge on any atom is -0.354 e. The molecule has 4 nitrogen and oxygen atoms in total. The zero-order valence-corrected chi connectivity index (χ0v) is 15.6. The molecule has 0 aromatic rings. The minimum atomic E-state index is -0.589. The molecule has 132 valence electrons. The third-order valence-electron chi connectivity index (χ3n) is 4.74. The number of hydrogen-bond donors (Lipinski definition) is 2. The second-order valence-electron chi connectivity index (χ2n) is 7.23. The van der Waals surface area contributed by atoms with Gasteiger partial charge in [0.05, 0.1) is 5.54 Å². The number of likely N-dealkylation sites (tertiary alicyclic amines) is 1. The molecular formula is C16H33Cl2N3O. The van der Waals surface area contributed by atoms with Gasteiger partial charge >= 0.3 is 0 Å². The summed E-state index contributed by atoms with van der Waals surface area (Å²) in [4.78, 5) is 14.8. The van der Waals surface area contributed by atoms with E-state index in [0.717, 1.165) is 44.7 Å². The summed E-state index contributed by atoms with van der Waals surface area (Å²) in [5, 5.41) is 3.12. The molecule has 1 saturated carbocycles. The van der Waals surface area contributed by atoms with E-state index >= 15 is 0 Å². The minimum absolute atomic E-state index is 0. The SMILES string of the molecule is CC(C)CN1CCC(CNC(=O)C2(N)CCCCC2)C1.Cl.Cl. The van der Waals surface area contributed by atoms with E-state index in [9.17, 15) is 4.79 Å². The lowest BCUT2D eigenvalue weighted by Crippen LogP contribution is -2.55. The smallest absolute Gasteiger partial charge is 0.240 e. The van der Waals surface area contributed by atoms with E-state index in [-0.39, 0.29) is 30.7 Å². The highest BCUT2D eigenvalue weighted by molar-refractivity contribution is 5.86. The highest BCUT2D eigenvalue weighted by Crippen LogP contribution is 2.26. The largest absolute Gasteiger partial charge is 0.354 e. The molecule has 2 fully saturated rings. The fourth-order valence-electron chi connectivity index (χ4n) is 3.58. The lowest BCUT2D eigenvalue weighted by Gasteiger charge is -2.32. The van der Waals surface area contributed by atoms with E-state index in [1.165, 1.54) is 25.9 Å². The van der Waals surface area contributed by atoms with Crippen molar-refractivity contribution < 1.29 is 4.79 Å². The van der Waals surface area contributed by atoms with Crippen LogP contribution in [0, 0.1) is 11.8 Å². The molecule has 1 saturated heterocycles. The summed E-state index contributed by atoms with van der Waals surface area (Å²) < 4.78 is 0. The van der Waals surface area contributed by atoms with Gasteiger partial charge in [0.2, 0.25) is 5.91 Å². The number of nitrogens with one attached hydrogen (secondary N) is 1. The summed E-state index contributed by atoms with van der Waals surface area (Å²) in [6.45, 7) is 8.78. The topological polar surface area (TPSA) is 58.4 Å². The van der Waals surface area contributed by atoms with Gasteiger partial charge < -0.3 is 16.0 Å². The van der Waals surface area contributed by atoms with Crippen LogP contribution in [0.15, 0.2) is 0 Å². The monoisotopic (exact) mass is 353 g/mol. The van der Waals surface area contributed by atoms with Gasteiger partial charge in [0.25, 0.3) is 0 Å². The Hall–Kier alpha value is -0.0300. The van der Waals surface area contributed by atoms with Crippen molar-refractivity contribution in [1.29, 1.82) is 0 Å². The average molecular weight is 354 g/mol. The van der Waals surface area contributed by atoms with E-state index in [1.807, 2.05) is 0 Å². The Bertz CT molecular complexity index is 333. The van der Waals surface area contributed by atoms with Gasteiger partial charge in [0.15, 0.2) is 0 Å². The molecule has 1 atom stereocenters. The standard InChI is InChI=1S/C16H31N3O.2ClH/c1-13(2)11-19-9-6-14(12-19)10-18-15(20)16(17)7-4-3-5-8-16;;/h13-14H,3-12,17H2,1-2H3,(H,18,20);2*1H. The van der Waals surface area contributed by atoms with Crippen LogP contribution in [0.4, 0.5) is 0 Å². The van der Waals surface area contributed by atoms with Crippen LogP contribution in [0.5, 0.6) is 0 Å². The van der Waals surface area contributed by atoms with Crippen molar-refractivity contribution in [3.63, 3.8) is 0 Å². The molecule has 0 bridgehead atoms. The van der Waals surface area contributed by atoms with Crippen molar-refractivity contribution in [3.05, 3.63) is 0 Å². The van der Waals surface area contributed by atoms with Gasteiger partial charge in [-0.25, -0.2) is 0 Å². The Morgan fingerprint density at radius 2 is 1.91 bits per heavy atom. The van der Waals surface area contributed by atoms with Crippen molar-refractivity contribution in [3.8, 4) is 0 Å². The number of hydrogen-bond acceptors (Lipinski definition) is 3.